The predicted molar refractivity (Wildman–Crippen MR) is 90.5 cm³/mol. The number of fused-ring (bicyclic) bond motifs is 2. The highest BCUT2D eigenvalue weighted by Gasteiger charge is 2.86. The van der Waals surface area contributed by atoms with Crippen LogP contribution < -0.4 is 0 Å². The second-order valence-electron chi connectivity index (χ2n) is 8.45. The minimum absolute atomic E-state index is 0.0351. The molecule has 8 heteroatoms. The number of rotatable bonds is 3. The molecule has 3 fully saturated rings. The van der Waals surface area contributed by atoms with Gasteiger partial charge in [-0.1, -0.05) is 13.0 Å². The number of aliphatic hydroxyl groups excluding tert-OH is 2. The highest BCUT2D eigenvalue weighted by Crippen LogP contribution is 2.72. The van der Waals surface area contributed by atoms with E-state index in [-0.39, 0.29) is 13.0 Å². The number of carbonyl (C=O) groups is 2. The van der Waals surface area contributed by atoms with Crippen molar-refractivity contribution in [2.24, 2.45) is 10.8 Å². The first-order valence-electron chi connectivity index (χ1n) is 9.23. The molecule has 0 amide bonds. The highest BCUT2D eigenvalue weighted by atomic mass is 16.7. The highest BCUT2D eigenvalue weighted by molar-refractivity contribution is 5.67. The molecule has 2 saturated heterocycles. The third kappa shape index (κ3) is 2.24. The molecule has 1 spiro atoms. The maximum atomic E-state index is 11.8. The second kappa shape index (κ2) is 5.76. The molecular formula is C19H26O8. The minimum atomic E-state index is -1.08. The summed E-state index contributed by atoms with van der Waals surface area (Å²) < 4.78 is 23.1. The van der Waals surface area contributed by atoms with Crippen LogP contribution in [0.25, 0.3) is 0 Å². The molecule has 0 aromatic heterocycles. The zero-order valence-corrected chi connectivity index (χ0v) is 15.9. The SMILES string of the molecule is CC(=O)OC[C@@]12C[C@@H](O)C(C)=CC1O[C@H]1[C@@H](O)[C@H](OC(C)=O)[C@]2(C)[C@@]12CO2. The summed E-state index contributed by atoms with van der Waals surface area (Å²) in [6.45, 7) is 6.61. The van der Waals surface area contributed by atoms with Crippen LogP contribution in [0.3, 0.4) is 0 Å². The van der Waals surface area contributed by atoms with E-state index in [2.05, 4.69) is 0 Å². The molecule has 0 aromatic carbocycles. The maximum absolute atomic E-state index is 11.8. The van der Waals surface area contributed by atoms with Crippen LogP contribution in [0.4, 0.5) is 0 Å². The Labute approximate surface area is 157 Å². The second-order valence-corrected chi connectivity index (χ2v) is 8.45. The average Bonchev–Trinajstić information content (AvgIpc) is 3.36. The molecule has 150 valence electrons. The molecule has 2 aliphatic heterocycles. The Bertz CT molecular complexity index is 712. The normalized spacial score (nSPS) is 50.0. The number of aliphatic hydroxyl groups is 2. The van der Waals surface area contributed by atoms with Gasteiger partial charge in [0.05, 0.1) is 24.2 Å². The van der Waals surface area contributed by atoms with Gasteiger partial charge >= 0.3 is 11.9 Å². The summed E-state index contributed by atoms with van der Waals surface area (Å²) in [5.41, 5.74) is -1.91. The molecule has 4 aliphatic rings. The molecule has 8 nitrogen and oxygen atoms in total. The van der Waals surface area contributed by atoms with E-state index in [1.807, 2.05) is 19.9 Å². The minimum Gasteiger partial charge on any atom is -0.465 e. The van der Waals surface area contributed by atoms with E-state index in [0.29, 0.717) is 6.61 Å². The molecule has 2 aliphatic carbocycles. The number of esters is 2. The fourth-order valence-corrected chi connectivity index (χ4v) is 5.60. The predicted octanol–water partition coefficient (Wildman–Crippen LogP) is 0.0957. The van der Waals surface area contributed by atoms with Gasteiger partial charge in [0.15, 0.2) is 0 Å². The molecule has 4 rings (SSSR count). The van der Waals surface area contributed by atoms with Crippen LogP contribution in [-0.2, 0) is 28.5 Å². The van der Waals surface area contributed by atoms with Gasteiger partial charge in [0.25, 0.3) is 0 Å². The van der Waals surface area contributed by atoms with Gasteiger partial charge < -0.3 is 29.2 Å². The lowest BCUT2D eigenvalue weighted by molar-refractivity contribution is -0.239. The number of ether oxygens (including phenoxy) is 4. The van der Waals surface area contributed by atoms with E-state index < -0.39 is 58.9 Å². The van der Waals surface area contributed by atoms with Gasteiger partial charge in [-0.15, -0.1) is 0 Å². The van der Waals surface area contributed by atoms with Gasteiger partial charge in [-0.3, -0.25) is 9.59 Å². The zero-order valence-electron chi connectivity index (χ0n) is 15.9. The van der Waals surface area contributed by atoms with E-state index in [1.165, 1.54) is 13.8 Å². The van der Waals surface area contributed by atoms with Crippen molar-refractivity contribution in [2.45, 2.75) is 70.2 Å². The van der Waals surface area contributed by atoms with Crippen molar-refractivity contribution < 1.29 is 38.7 Å². The van der Waals surface area contributed by atoms with Crippen molar-refractivity contribution in [2.75, 3.05) is 13.2 Å². The van der Waals surface area contributed by atoms with E-state index >= 15 is 0 Å². The summed E-state index contributed by atoms with van der Waals surface area (Å²) in [6.07, 6.45) is -1.86. The molecular weight excluding hydrogens is 356 g/mol. The molecule has 2 heterocycles. The third-order valence-corrected chi connectivity index (χ3v) is 7.18. The summed E-state index contributed by atoms with van der Waals surface area (Å²) in [4.78, 5) is 23.4. The molecule has 1 saturated carbocycles. The number of epoxide rings is 1. The van der Waals surface area contributed by atoms with Gasteiger partial charge in [-0.05, 0) is 18.9 Å². The Kier molecular flexibility index (Phi) is 4.03. The Morgan fingerprint density at radius 2 is 1.96 bits per heavy atom. The monoisotopic (exact) mass is 382 g/mol. The van der Waals surface area contributed by atoms with Gasteiger partial charge in [0.1, 0.15) is 30.5 Å². The molecule has 1 unspecified atom stereocenters. The van der Waals surface area contributed by atoms with Gasteiger partial charge in [0, 0.05) is 19.3 Å². The summed E-state index contributed by atoms with van der Waals surface area (Å²) in [7, 11) is 0. The van der Waals surface area contributed by atoms with Gasteiger partial charge in [0.2, 0.25) is 0 Å². The fraction of sp³-hybridized carbons (Fsp3) is 0.789. The van der Waals surface area contributed by atoms with Crippen LogP contribution in [0.15, 0.2) is 11.6 Å². The standard InChI is InChI=1S/C19H26O8/c1-9-5-13-18(6-12(9)22,7-24-10(2)20)17(4)15(26-11(3)21)14(23)16(27-13)19(17)8-25-19/h5,12-16,22-23H,6-8H2,1-4H3/t12-,13?,14+,15+,16+,17+,18+,19-/m1/s1. The Morgan fingerprint density at radius 3 is 2.52 bits per heavy atom. The molecule has 27 heavy (non-hydrogen) atoms. The van der Waals surface area contributed by atoms with E-state index in [0.717, 1.165) is 5.57 Å². The zero-order chi connectivity index (χ0) is 19.8. The summed E-state index contributed by atoms with van der Waals surface area (Å²) >= 11 is 0. The average molecular weight is 382 g/mol. The van der Waals surface area contributed by atoms with Crippen molar-refractivity contribution in [3.63, 3.8) is 0 Å². The summed E-state index contributed by atoms with van der Waals surface area (Å²) in [5, 5.41) is 21.6. The largest absolute Gasteiger partial charge is 0.465 e. The van der Waals surface area contributed by atoms with Crippen LogP contribution in [0.1, 0.15) is 34.1 Å². The van der Waals surface area contributed by atoms with Crippen molar-refractivity contribution in [1.29, 1.82) is 0 Å². The maximum Gasteiger partial charge on any atom is 0.303 e. The smallest absolute Gasteiger partial charge is 0.303 e. The molecule has 0 aromatic rings. The number of hydrogen-bond acceptors (Lipinski definition) is 8. The number of hydrogen-bond donors (Lipinski definition) is 2. The van der Waals surface area contributed by atoms with Crippen LogP contribution in [-0.4, -0.2) is 71.5 Å². The Hall–Kier alpha value is -1.48. The van der Waals surface area contributed by atoms with Crippen LogP contribution in [0, 0.1) is 10.8 Å². The van der Waals surface area contributed by atoms with Crippen molar-refractivity contribution in [3.8, 4) is 0 Å². The van der Waals surface area contributed by atoms with E-state index in [4.69, 9.17) is 18.9 Å². The summed E-state index contributed by atoms with van der Waals surface area (Å²) in [5.74, 6) is -0.978. The quantitative estimate of drug-likeness (QED) is 0.401. The Morgan fingerprint density at radius 1 is 1.30 bits per heavy atom. The molecule has 0 radical (unpaired) electrons. The van der Waals surface area contributed by atoms with Crippen LogP contribution in [0.5, 0.6) is 0 Å². The first-order chi connectivity index (χ1) is 12.6. The molecule has 2 bridgehead atoms. The van der Waals surface area contributed by atoms with E-state index in [1.54, 1.807) is 0 Å². The molecule has 2 N–H and O–H groups in total. The van der Waals surface area contributed by atoms with E-state index in [9.17, 15) is 19.8 Å². The van der Waals surface area contributed by atoms with Crippen molar-refractivity contribution >= 4 is 11.9 Å². The van der Waals surface area contributed by atoms with Crippen molar-refractivity contribution in [3.05, 3.63) is 11.6 Å². The first kappa shape index (κ1) is 18.9. The summed E-state index contributed by atoms with van der Waals surface area (Å²) in [6, 6.07) is 0. The topological polar surface area (TPSA) is 115 Å². The van der Waals surface area contributed by atoms with Gasteiger partial charge in [-0.2, -0.15) is 0 Å². The Balaban J connectivity index is 1.88. The first-order valence-corrected chi connectivity index (χ1v) is 9.23. The molecule has 8 atom stereocenters. The third-order valence-electron chi connectivity index (χ3n) is 7.18. The lowest BCUT2D eigenvalue weighted by Gasteiger charge is -2.58. The van der Waals surface area contributed by atoms with Crippen LogP contribution in [0.2, 0.25) is 0 Å². The lowest BCUT2D eigenvalue weighted by Crippen LogP contribution is -2.67. The number of carbonyl (C=O) groups excluding carboxylic acids is 2. The lowest BCUT2D eigenvalue weighted by atomic mass is 9.51. The van der Waals surface area contributed by atoms with Crippen LogP contribution >= 0.6 is 0 Å². The van der Waals surface area contributed by atoms with Crippen molar-refractivity contribution in [1.82, 2.24) is 0 Å². The van der Waals surface area contributed by atoms with Gasteiger partial charge in [-0.25, -0.2) is 0 Å². The fourth-order valence-electron chi connectivity index (χ4n) is 5.60.